The molecule has 1 heteroatoms. The first-order valence-electron chi connectivity index (χ1n) is 5.21. The molecule has 0 aliphatic rings. The molecule has 0 radical (unpaired) electrons. The summed E-state index contributed by atoms with van der Waals surface area (Å²) in [5, 5.41) is 0. The van der Waals surface area contributed by atoms with Crippen molar-refractivity contribution in [1.82, 2.24) is 4.90 Å². The Balaban J connectivity index is 4.08. The minimum absolute atomic E-state index is 0.739. The fourth-order valence-electron chi connectivity index (χ4n) is 1.26. The second-order valence-electron chi connectivity index (χ2n) is 3.65. The number of rotatable bonds is 7. The third-order valence-electron chi connectivity index (χ3n) is 2.36. The van der Waals surface area contributed by atoms with Crippen molar-refractivity contribution in [2.24, 2.45) is 5.92 Å². The monoisotopic (exact) mass is 181 g/mol. The van der Waals surface area contributed by atoms with Crippen molar-refractivity contribution in [2.45, 2.75) is 33.6 Å². The quantitative estimate of drug-likeness (QED) is 0.544. The highest BCUT2D eigenvalue weighted by Crippen LogP contribution is 2.10. The molecular weight excluding hydrogens is 158 g/mol. The average molecular weight is 181 g/mol. The molecule has 0 rings (SSSR count). The summed E-state index contributed by atoms with van der Waals surface area (Å²) in [4.78, 5) is 2.32. The highest BCUT2D eigenvalue weighted by Gasteiger charge is 2.07. The predicted octanol–water partition coefficient (Wildman–Crippen LogP) is 3.44. The maximum atomic E-state index is 3.99. The van der Waals surface area contributed by atoms with Crippen LogP contribution in [0.5, 0.6) is 0 Å². The molecular formula is C12H23N. The molecule has 0 fully saturated rings. The molecule has 0 N–H and O–H groups in total. The molecule has 1 atom stereocenters. The van der Waals surface area contributed by atoms with Gasteiger partial charge in [-0.25, -0.2) is 0 Å². The van der Waals surface area contributed by atoms with Crippen LogP contribution < -0.4 is 0 Å². The van der Waals surface area contributed by atoms with Crippen LogP contribution in [0.1, 0.15) is 33.6 Å². The van der Waals surface area contributed by atoms with Crippen LogP contribution in [0.2, 0.25) is 0 Å². The molecule has 0 saturated carbocycles. The molecule has 0 saturated heterocycles. The lowest BCUT2D eigenvalue weighted by molar-refractivity contribution is 0.299. The van der Waals surface area contributed by atoms with Gasteiger partial charge in [-0.05, 0) is 18.4 Å². The molecule has 0 aromatic heterocycles. The van der Waals surface area contributed by atoms with Crippen LogP contribution in [0.15, 0.2) is 24.9 Å². The molecule has 1 nitrogen and oxygen atoms in total. The molecule has 1 unspecified atom stereocenters. The van der Waals surface area contributed by atoms with E-state index in [-0.39, 0.29) is 0 Å². The van der Waals surface area contributed by atoms with E-state index < -0.39 is 0 Å². The van der Waals surface area contributed by atoms with Gasteiger partial charge in [-0.3, -0.25) is 0 Å². The number of allylic oxidation sites excluding steroid dienone is 1. The lowest BCUT2D eigenvalue weighted by Gasteiger charge is -2.27. The molecule has 0 bridgehead atoms. The van der Waals surface area contributed by atoms with Gasteiger partial charge < -0.3 is 4.90 Å². The van der Waals surface area contributed by atoms with Gasteiger partial charge >= 0.3 is 0 Å². The molecule has 0 aliphatic carbocycles. The smallest absolute Gasteiger partial charge is 0.0287 e. The van der Waals surface area contributed by atoms with Gasteiger partial charge in [-0.2, -0.15) is 0 Å². The van der Waals surface area contributed by atoms with E-state index in [9.17, 15) is 0 Å². The van der Waals surface area contributed by atoms with Crippen molar-refractivity contribution >= 4 is 0 Å². The highest BCUT2D eigenvalue weighted by molar-refractivity contribution is 5.09. The van der Waals surface area contributed by atoms with Crippen LogP contribution >= 0.6 is 0 Å². The molecule has 0 spiro atoms. The third-order valence-corrected chi connectivity index (χ3v) is 2.36. The standard InChI is InChI=1S/C12H23N/c1-6-9-13(12(5)8-3)10-11(4)7-2/h8,11H,3,5-7,9-10H2,1-2,4H3. The second kappa shape index (κ2) is 6.76. The van der Waals surface area contributed by atoms with E-state index in [1.165, 1.54) is 12.8 Å². The number of hydrogen-bond acceptors (Lipinski definition) is 1. The van der Waals surface area contributed by atoms with Gasteiger partial charge in [-0.15, -0.1) is 0 Å². The molecule has 0 aromatic carbocycles. The fraction of sp³-hybridized carbons (Fsp3) is 0.667. The number of hydrogen-bond donors (Lipinski definition) is 0. The Kier molecular flexibility index (Phi) is 6.38. The van der Waals surface area contributed by atoms with Crippen LogP contribution in [-0.4, -0.2) is 18.0 Å². The van der Waals surface area contributed by atoms with Gasteiger partial charge in [0, 0.05) is 18.8 Å². The summed E-state index contributed by atoms with van der Waals surface area (Å²) < 4.78 is 0. The summed E-state index contributed by atoms with van der Waals surface area (Å²) in [6.45, 7) is 16.6. The topological polar surface area (TPSA) is 3.24 Å². The Hall–Kier alpha value is -0.720. The minimum Gasteiger partial charge on any atom is -0.372 e. The molecule has 0 amide bonds. The Morgan fingerprint density at radius 1 is 1.46 bits per heavy atom. The molecule has 0 aliphatic heterocycles. The Morgan fingerprint density at radius 2 is 2.08 bits per heavy atom. The maximum Gasteiger partial charge on any atom is 0.0287 e. The van der Waals surface area contributed by atoms with E-state index in [0.29, 0.717) is 0 Å². The lowest BCUT2D eigenvalue weighted by Crippen LogP contribution is -2.27. The van der Waals surface area contributed by atoms with E-state index in [2.05, 4.69) is 38.8 Å². The zero-order valence-corrected chi connectivity index (χ0v) is 9.34. The summed E-state index contributed by atoms with van der Waals surface area (Å²) in [5.74, 6) is 0.739. The van der Waals surface area contributed by atoms with Crippen molar-refractivity contribution in [2.75, 3.05) is 13.1 Å². The van der Waals surface area contributed by atoms with Crippen LogP contribution in [-0.2, 0) is 0 Å². The average Bonchev–Trinajstić information content (AvgIpc) is 2.15. The summed E-state index contributed by atoms with van der Waals surface area (Å²) in [6.07, 6.45) is 4.24. The van der Waals surface area contributed by atoms with Crippen molar-refractivity contribution < 1.29 is 0 Å². The van der Waals surface area contributed by atoms with Gasteiger partial charge in [0.25, 0.3) is 0 Å². The molecule has 0 heterocycles. The predicted molar refractivity (Wildman–Crippen MR) is 60.7 cm³/mol. The SMILES string of the molecule is C=CC(=C)N(CCC)CC(C)CC. The first-order valence-corrected chi connectivity index (χ1v) is 5.21. The Labute approximate surface area is 83.1 Å². The van der Waals surface area contributed by atoms with Crippen molar-refractivity contribution in [3.05, 3.63) is 24.9 Å². The van der Waals surface area contributed by atoms with Crippen LogP contribution in [0.25, 0.3) is 0 Å². The summed E-state index contributed by atoms with van der Waals surface area (Å²) in [6, 6.07) is 0. The summed E-state index contributed by atoms with van der Waals surface area (Å²) in [7, 11) is 0. The van der Waals surface area contributed by atoms with E-state index in [1.807, 2.05) is 6.08 Å². The highest BCUT2D eigenvalue weighted by atomic mass is 15.1. The van der Waals surface area contributed by atoms with Gasteiger partial charge in [0.1, 0.15) is 0 Å². The summed E-state index contributed by atoms with van der Waals surface area (Å²) in [5.41, 5.74) is 1.06. The van der Waals surface area contributed by atoms with Gasteiger partial charge in [0.15, 0.2) is 0 Å². The van der Waals surface area contributed by atoms with Crippen LogP contribution in [0.4, 0.5) is 0 Å². The Bertz CT molecular complexity index is 161. The Morgan fingerprint density at radius 3 is 2.46 bits per heavy atom. The van der Waals surface area contributed by atoms with Crippen LogP contribution in [0, 0.1) is 5.92 Å². The largest absolute Gasteiger partial charge is 0.372 e. The van der Waals surface area contributed by atoms with Crippen molar-refractivity contribution in [1.29, 1.82) is 0 Å². The van der Waals surface area contributed by atoms with Crippen LogP contribution in [0.3, 0.4) is 0 Å². The first kappa shape index (κ1) is 12.3. The normalized spacial score (nSPS) is 12.2. The first-order chi connectivity index (χ1) is 6.15. The van der Waals surface area contributed by atoms with E-state index in [1.54, 1.807) is 0 Å². The second-order valence-corrected chi connectivity index (χ2v) is 3.65. The third kappa shape index (κ3) is 4.76. The molecule has 76 valence electrons. The van der Waals surface area contributed by atoms with Gasteiger partial charge in [-0.1, -0.05) is 40.3 Å². The number of nitrogens with zero attached hydrogens (tertiary/aromatic N) is 1. The van der Waals surface area contributed by atoms with E-state index in [4.69, 9.17) is 0 Å². The lowest BCUT2D eigenvalue weighted by atomic mass is 10.1. The van der Waals surface area contributed by atoms with Crippen molar-refractivity contribution in [3.63, 3.8) is 0 Å². The minimum atomic E-state index is 0.739. The zero-order valence-electron chi connectivity index (χ0n) is 9.34. The summed E-state index contributed by atoms with van der Waals surface area (Å²) >= 11 is 0. The molecule has 13 heavy (non-hydrogen) atoms. The fourth-order valence-corrected chi connectivity index (χ4v) is 1.26. The van der Waals surface area contributed by atoms with Crippen molar-refractivity contribution in [3.8, 4) is 0 Å². The van der Waals surface area contributed by atoms with Gasteiger partial charge in [0.2, 0.25) is 0 Å². The van der Waals surface area contributed by atoms with E-state index in [0.717, 1.165) is 24.7 Å². The maximum absolute atomic E-state index is 3.99. The van der Waals surface area contributed by atoms with Gasteiger partial charge in [0.05, 0.1) is 0 Å². The zero-order chi connectivity index (χ0) is 10.3. The van der Waals surface area contributed by atoms with E-state index >= 15 is 0 Å². The molecule has 0 aromatic rings.